The van der Waals surface area contributed by atoms with Crippen LogP contribution in [0.2, 0.25) is 0 Å². The highest BCUT2D eigenvalue weighted by Crippen LogP contribution is 2.22. The Balaban J connectivity index is 0.00000225. The van der Waals surface area contributed by atoms with Crippen LogP contribution in [0.15, 0.2) is 24.3 Å². The van der Waals surface area contributed by atoms with E-state index in [2.05, 4.69) is 17.6 Å². The number of nitrogens with zero attached hydrogens (tertiary/aromatic N) is 1. The summed E-state index contributed by atoms with van der Waals surface area (Å²) in [5, 5.41) is 6.27. The van der Waals surface area contributed by atoms with Gasteiger partial charge < -0.3 is 15.5 Å². The van der Waals surface area contributed by atoms with Gasteiger partial charge in [0.1, 0.15) is 0 Å². The Labute approximate surface area is 155 Å². The minimum Gasteiger partial charge on any atom is -0.339 e. The van der Waals surface area contributed by atoms with Crippen molar-refractivity contribution in [1.82, 2.24) is 10.2 Å². The fraction of sp³-hybridized carbons (Fsp3) is 0.579. The van der Waals surface area contributed by atoms with Crippen LogP contribution in [0.3, 0.4) is 0 Å². The standard InChI is InChI=1S/C19H27N3O2.ClH/c1-14-8-11-22(12-9-14)19(24)16-6-2-3-7-17(16)21-18(23)13-15-5-4-10-20-15;/h2-3,6-7,14-15,20H,4-5,8-13H2,1H3,(H,21,23);1H. The molecular weight excluding hydrogens is 338 g/mol. The Hall–Kier alpha value is -1.59. The summed E-state index contributed by atoms with van der Waals surface area (Å²) in [5.41, 5.74) is 1.23. The number of carbonyl (C=O) groups excluding carboxylic acids is 2. The third-order valence-electron chi connectivity index (χ3n) is 5.10. The number of rotatable bonds is 4. The minimum absolute atomic E-state index is 0. The number of halogens is 1. The predicted molar refractivity (Wildman–Crippen MR) is 102 cm³/mol. The lowest BCUT2D eigenvalue weighted by Crippen LogP contribution is -2.38. The molecule has 2 N–H and O–H groups in total. The first-order valence-electron chi connectivity index (χ1n) is 9.05. The van der Waals surface area contributed by atoms with Crippen LogP contribution in [-0.2, 0) is 4.79 Å². The summed E-state index contributed by atoms with van der Waals surface area (Å²) in [5.74, 6) is 0.682. The average Bonchev–Trinajstić information content (AvgIpc) is 3.08. The molecule has 6 heteroatoms. The number of hydrogen-bond acceptors (Lipinski definition) is 3. The fourth-order valence-corrected chi connectivity index (χ4v) is 3.52. The van der Waals surface area contributed by atoms with Gasteiger partial charge in [-0.05, 0) is 50.3 Å². The second-order valence-electron chi connectivity index (χ2n) is 7.07. The molecule has 2 saturated heterocycles. The van der Waals surface area contributed by atoms with Crippen molar-refractivity contribution in [3.8, 4) is 0 Å². The molecule has 1 aromatic rings. The van der Waals surface area contributed by atoms with Gasteiger partial charge in [-0.2, -0.15) is 0 Å². The van der Waals surface area contributed by atoms with Crippen LogP contribution in [0, 0.1) is 5.92 Å². The van der Waals surface area contributed by atoms with Gasteiger partial charge in [0.05, 0.1) is 11.3 Å². The van der Waals surface area contributed by atoms with Crippen molar-refractivity contribution >= 4 is 29.9 Å². The molecule has 2 amide bonds. The molecule has 2 aliphatic rings. The van der Waals surface area contributed by atoms with E-state index in [1.54, 1.807) is 0 Å². The van der Waals surface area contributed by atoms with E-state index in [4.69, 9.17) is 0 Å². The second-order valence-corrected chi connectivity index (χ2v) is 7.07. The van der Waals surface area contributed by atoms with Gasteiger partial charge in [0.15, 0.2) is 0 Å². The van der Waals surface area contributed by atoms with Crippen LogP contribution in [-0.4, -0.2) is 42.4 Å². The van der Waals surface area contributed by atoms with Crippen molar-refractivity contribution < 1.29 is 9.59 Å². The van der Waals surface area contributed by atoms with Crippen LogP contribution in [0.5, 0.6) is 0 Å². The van der Waals surface area contributed by atoms with Crippen LogP contribution < -0.4 is 10.6 Å². The largest absolute Gasteiger partial charge is 0.339 e. The molecule has 2 fully saturated rings. The van der Waals surface area contributed by atoms with Gasteiger partial charge in [0, 0.05) is 25.6 Å². The summed E-state index contributed by atoms with van der Waals surface area (Å²) in [6, 6.07) is 7.60. The first kappa shape index (κ1) is 19.7. The highest BCUT2D eigenvalue weighted by atomic mass is 35.5. The third-order valence-corrected chi connectivity index (χ3v) is 5.10. The summed E-state index contributed by atoms with van der Waals surface area (Å²) < 4.78 is 0. The van der Waals surface area contributed by atoms with Gasteiger partial charge in [-0.15, -0.1) is 12.4 Å². The fourth-order valence-electron chi connectivity index (χ4n) is 3.52. The van der Waals surface area contributed by atoms with Crippen LogP contribution in [0.25, 0.3) is 0 Å². The van der Waals surface area contributed by atoms with Crippen molar-refractivity contribution in [2.75, 3.05) is 25.0 Å². The molecular formula is C19H28ClN3O2. The Morgan fingerprint density at radius 3 is 2.60 bits per heavy atom. The molecule has 0 spiro atoms. The van der Waals surface area contributed by atoms with E-state index in [9.17, 15) is 9.59 Å². The molecule has 5 nitrogen and oxygen atoms in total. The van der Waals surface area contributed by atoms with Crippen LogP contribution >= 0.6 is 12.4 Å². The summed E-state index contributed by atoms with van der Waals surface area (Å²) in [7, 11) is 0. The quantitative estimate of drug-likeness (QED) is 0.862. The molecule has 0 aromatic heterocycles. The molecule has 0 saturated carbocycles. The van der Waals surface area contributed by atoms with E-state index in [0.29, 0.717) is 23.6 Å². The zero-order valence-corrected chi connectivity index (χ0v) is 15.6. The maximum atomic E-state index is 12.8. The maximum absolute atomic E-state index is 12.8. The van der Waals surface area contributed by atoms with Crippen molar-refractivity contribution in [2.24, 2.45) is 5.92 Å². The Kier molecular flexibility index (Phi) is 7.26. The van der Waals surface area contributed by atoms with Gasteiger partial charge in [-0.3, -0.25) is 9.59 Å². The third kappa shape index (κ3) is 5.19. The number of para-hydroxylation sites is 1. The zero-order chi connectivity index (χ0) is 16.9. The van der Waals surface area contributed by atoms with E-state index in [-0.39, 0.29) is 30.3 Å². The van der Waals surface area contributed by atoms with Crippen LogP contribution in [0.1, 0.15) is 49.4 Å². The summed E-state index contributed by atoms with van der Waals surface area (Å²) >= 11 is 0. The van der Waals surface area contributed by atoms with Crippen molar-refractivity contribution in [3.05, 3.63) is 29.8 Å². The van der Waals surface area contributed by atoms with E-state index in [1.807, 2.05) is 29.2 Å². The molecule has 1 atom stereocenters. The van der Waals surface area contributed by atoms with Gasteiger partial charge >= 0.3 is 0 Å². The normalized spacial score (nSPS) is 20.8. The molecule has 1 aromatic carbocycles. The number of anilines is 1. The highest BCUT2D eigenvalue weighted by Gasteiger charge is 2.24. The van der Waals surface area contributed by atoms with Crippen molar-refractivity contribution in [3.63, 3.8) is 0 Å². The molecule has 2 aliphatic heterocycles. The lowest BCUT2D eigenvalue weighted by Gasteiger charge is -2.30. The smallest absolute Gasteiger partial charge is 0.255 e. The SMILES string of the molecule is CC1CCN(C(=O)c2ccccc2NC(=O)CC2CCCN2)CC1.Cl. The Morgan fingerprint density at radius 1 is 1.20 bits per heavy atom. The Bertz CT molecular complexity index is 594. The summed E-state index contributed by atoms with van der Waals surface area (Å²) in [6.07, 6.45) is 4.73. The van der Waals surface area contributed by atoms with Crippen molar-refractivity contribution in [1.29, 1.82) is 0 Å². The number of hydrogen-bond donors (Lipinski definition) is 2. The monoisotopic (exact) mass is 365 g/mol. The van der Waals surface area contributed by atoms with Gasteiger partial charge in [0.25, 0.3) is 5.91 Å². The Morgan fingerprint density at radius 2 is 1.92 bits per heavy atom. The first-order chi connectivity index (χ1) is 11.6. The van der Waals surface area contributed by atoms with E-state index in [1.165, 1.54) is 0 Å². The molecule has 2 heterocycles. The first-order valence-corrected chi connectivity index (χ1v) is 9.05. The van der Waals surface area contributed by atoms with E-state index < -0.39 is 0 Å². The zero-order valence-electron chi connectivity index (χ0n) is 14.8. The average molecular weight is 366 g/mol. The number of likely N-dealkylation sites (tertiary alicyclic amines) is 1. The molecule has 0 aliphatic carbocycles. The molecule has 0 radical (unpaired) electrons. The topological polar surface area (TPSA) is 61.4 Å². The maximum Gasteiger partial charge on any atom is 0.255 e. The van der Waals surface area contributed by atoms with E-state index >= 15 is 0 Å². The predicted octanol–water partition coefficient (Wildman–Crippen LogP) is 3.06. The van der Waals surface area contributed by atoms with Gasteiger partial charge in [0.2, 0.25) is 5.91 Å². The number of amides is 2. The molecule has 3 rings (SSSR count). The second kappa shape index (κ2) is 9.20. The number of piperidine rings is 1. The molecule has 138 valence electrons. The lowest BCUT2D eigenvalue weighted by atomic mass is 9.98. The van der Waals surface area contributed by atoms with E-state index in [0.717, 1.165) is 45.3 Å². The van der Waals surface area contributed by atoms with Crippen molar-refractivity contribution in [2.45, 2.75) is 45.1 Å². The number of nitrogens with one attached hydrogen (secondary N) is 2. The summed E-state index contributed by atoms with van der Waals surface area (Å²) in [6.45, 7) is 4.82. The number of carbonyl (C=O) groups is 2. The lowest BCUT2D eigenvalue weighted by molar-refractivity contribution is -0.116. The minimum atomic E-state index is -0.0260. The van der Waals surface area contributed by atoms with Gasteiger partial charge in [-0.1, -0.05) is 19.1 Å². The highest BCUT2D eigenvalue weighted by molar-refractivity contribution is 6.03. The number of benzene rings is 1. The molecule has 0 bridgehead atoms. The molecule has 1 unspecified atom stereocenters. The van der Waals surface area contributed by atoms with Gasteiger partial charge in [-0.25, -0.2) is 0 Å². The van der Waals surface area contributed by atoms with Crippen LogP contribution in [0.4, 0.5) is 5.69 Å². The molecule has 25 heavy (non-hydrogen) atoms. The summed E-state index contributed by atoms with van der Waals surface area (Å²) in [4.78, 5) is 27.0.